The fourth-order valence-corrected chi connectivity index (χ4v) is 5.14. The van der Waals surface area contributed by atoms with Gasteiger partial charge in [-0.2, -0.15) is 0 Å². The first kappa shape index (κ1) is 19.7. The maximum absolute atomic E-state index is 13.5. The van der Waals surface area contributed by atoms with E-state index in [1.165, 1.54) is 0 Å². The van der Waals surface area contributed by atoms with Crippen molar-refractivity contribution in [3.8, 4) is 5.75 Å². The molecule has 2 amide bonds. The maximum Gasteiger partial charge on any atom is 0.246 e. The number of aromatic nitrogens is 1. The number of carbonyl (C=O) groups is 2. The highest BCUT2D eigenvalue weighted by Crippen LogP contribution is 2.44. The number of H-pyrrole nitrogens is 1. The van der Waals surface area contributed by atoms with Crippen LogP contribution >= 0.6 is 0 Å². The molecule has 0 aliphatic carbocycles. The predicted molar refractivity (Wildman–Crippen MR) is 119 cm³/mol. The summed E-state index contributed by atoms with van der Waals surface area (Å²) in [4.78, 5) is 34.1. The lowest BCUT2D eigenvalue weighted by Crippen LogP contribution is -2.63. The summed E-state index contributed by atoms with van der Waals surface area (Å²) < 4.78 is 5.66. The SMILES string of the molecule is COc1ccccc1[C@@H]1c2[nH]c3ccccc3c2C[C@H]2C(=O)N(CC(C)C)CC(=O)N12. The van der Waals surface area contributed by atoms with Crippen LogP contribution in [0.25, 0.3) is 10.9 Å². The lowest BCUT2D eigenvalue weighted by atomic mass is 9.85. The molecular formula is C25H27N3O3. The van der Waals surface area contributed by atoms with Gasteiger partial charge in [0.25, 0.3) is 0 Å². The average Bonchev–Trinajstić information content (AvgIpc) is 3.14. The van der Waals surface area contributed by atoms with Gasteiger partial charge in [-0.1, -0.05) is 50.2 Å². The molecule has 1 aromatic heterocycles. The van der Waals surface area contributed by atoms with Crippen LogP contribution < -0.4 is 4.74 Å². The summed E-state index contributed by atoms with van der Waals surface area (Å²) >= 11 is 0. The first-order chi connectivity index (χ1) is 15.0. The number of piperazine rings is 1. The lowest BCUT2D eigenvalue weighted by molar-refractivity contribution is -0.159. The third-order valence-electron chi connectivity index (χ3n) is 6.36. The largest absolute Gasteiger partial charge is 0.496 e. The van der Waals surface area contributed by atoms with Gasteiger partial charge >= 0.3 is 0 Å². The van der Waals surface area contributed by atoms with Crippen LogP contribution in [0.4, 0.5) is 0 Å². The molecule has 1 fully saturated rings. The van der Waals surface area contributed by atoms with E-state index >= 15 is 0 Å². The minimum absolute atomic E-state index is 0.0227. The van der Waals surface area contributed by atoms with Crippen molar-refractivity contribution < 1.29 is 14.3 Å². The van der Waals surface area contributed by atoms with Crippen molar-refractivity contribution in [2.24, 2.45) is 5.92 Å². The van der Waals surface area contributed by atoms with Crippen molar-refractivity contribution in [3.63, 3.8) is 0 Å². The van der Waals surface area contributed by atoms with Gasteiger partial charge in [-0.25, -0.2) is 0 Å². The Bertz CT molecular complexity index is 1170. The number of nitrogens with one attached hydrogen (secondary N) is 1. The smallest absolute Gasteiger partial charge is 0.246 e. The molecule has 2 aliphatic rings. The number of nitrogens with zero attached hydrogens (tertiary/aromatic N) is 2. The minimum Gasteiger partial charge on any atom is -0.496 e. The molecule has 1 saturated heterocycles. The van der Waals surface area contributed by atoms with Crippen LogP contribution in [0.5, 0.6) is 5.75 Å². The highest BCUT2D eigenvalue weighted by molar-refractivity contribution is 5.97. The number of fused-ring (bicyclic) bond motifs is 4. The van der Waals surface area contributed by atoms with Gasteiger partial charge in [0, 0.05) is 35.1 Å². The van der Waals surface area contributed by atoms with Gasteiger partial charge in [0.15, 0.2) is 0 Å². The van der Waals surface area contributed by atoms with Gasteiger partial charge in [-0.15, -0.1) is 0 Å². The van der Waals surface area contributed by atoms with Crippen LogP contribution in [-0.2, 0) is 16.0 Å². The Balaban J connectivity index is 1.71. The summed E-state index contributed by atoms with van der Waals surface area (Å²) in [6.45, 7) is 4.85. The van der Waals surface area contributed by atoms with Crippen LogP contribution in [0.2, 0.25) is 0 Å². The third-order valence-corrected chi connectivity index (χ3v) is 6.36. The number of aromatic amines is 1. The topological polar surface area (TPSA) is 65.6 Å². The van der Waals surface area contributed by atoms with Crippen molar-refractivity contribution in [2.45, 2.75) is 32.4 Å². The first-order valence-electron chi connectivity index (χ1n) is 10.8. The number of ether oxygens (including phenoxy) is 1. The van der Waals surface area contributed by atoms with Crippen LogP contribution in [0.3, 0.4) is 0 Å². The predicted octanol–water partition coefficient (Wildman–Crippen LogP) is 3.52. The minimum atomic E-state index is -0.512. The number of rotatable bonds is 4. The Hall–Kier alpha value is -3.28. The second kappa shape index (κ2) is 7.45. The fraction of sp³-hybridized carbons (Fsp3) is 0.360. The summed E-state index contributed by atoms with van der Waals surface area (Å²) in [5.74, 6) is 1.03. The Morgan fingerprint density at radius 1 is 1.10 bits per heavy atom. The molecule has 0 unspecified atom stereocenters. The molecule has 1 N–H and O–H groups in total. The van der Waals surface area contributed by atoms with E-state index in [-0.39, 0.29) is 18.4 Å². The summed E-state index contributed by atoms with van der Waals surface area (Å²) in [5, 5.41) is 1.11. The molecule has 0 spiro atoms. The molecule has 2 aliphatic heterocycles. The van der Waals surface area contributed by atoms with Gasteiger partial charge in [0.1, 0.15) is 17.8 Å². The molecule has 0 radical (unpaired) electrons. The molecule has 6 heteroatoms. The Kier molecular flexibility index (Phi) is 4.73. The van der Waals surface area contributed by atoms with Crippen LogP contribution in [0, 0.1) is 5.92 Å². The number of para-hydroxylation sites is 2. The summed E-state index contributed by atoms with van der Waals surface area (Å²) in [7, 11) is 1.64. The van der Waals surface area contributed by atoms with Gasteiger partial charge in [-0.3, -0.25) is 9.59 Å². The van der Waals surface area contributed by atoms with Crippen molar-refractivity contribution in [1.29, 1.82) is 0 Å². The zero-order valence-corrected chi connectivity index (χ0v) is 18.1. The van der Waals surface area contributed by atoms with Gasteiger partial charge < -0.3 is 19.5 Å². The molecule has 160 valence electrons. The van der Waals surface area contributed by atoms with Gasteiger partial charge in [-0.05, 0) is 23.6 Å². The van der Waals surface area contributed by atoms with E-state index in [9.17, 15) is 9.59 Å². The summed E-state index contributed by atoms with van der Waals surface area (Å²) in [6.07, 6.45) is 0.518. The molecule has 5 rings (SSSR count). The second-order valence-electron chi connectivity index (χ2n) is 8.84. The molecule has 31 heavy (non-hydrogen) atoms. The normalized spacial score (nSPS) is 20.9. The molecule has 0 saturated carbocycles. The molecule has 6 nitrogen and oxygen atoms in total. The van der Waals surface area contributed by atoms with Crippen molar-refractivity contribution in [3.05, 3.63) is 65.4 Å². The van der Waals surface area contributed by atoms with Crippen LogP contribution in [0.15, 0.2) is 48.5 Å². The van der Waals surface area contributed by atoms with Crippen molar-refractivity contribution in [2.75, 3.05) is 20.2 Å². The lowest BCUT2D eigenvalue weighted by Gasteiger charge is -2.47. The quantitative estimate of drug-likeness (QED) is 0.706. The summed E-state index contributed by atoms with van der Waals surface area (Å²) in [5.41, 5.74) is 3.99. The molecule has 2 atom stereocenters. The summed E-state index contributed by atoms with van der Waals surface area (Å²) in [6, 6.07) is 15.0. The molecule has 0 bridgehead atoms. The highest BCUT2D eigenvalue weighted by Gasteiger charge is 2.48. The zero-order valence-electron chi connectivity index (χ0n) is 18.1. The Labute approximate surface area is 181 Å². The second-order valence-corrected chi connectivity index (χ2v) is 8.84. The van der Waals surface area contributed by atoms with E-state index in [0.717, 1.165) is 27.7 Å². The fourth-order valence-electron chi connectivity index (χ4n) is 5.14. The number of carbonyl (C=O) groups excluding carboxylic acids is 2. The zero-order chi connectivity index (χ0) is 21.7. The van der Waals surface area contributed by atoms with E-state index in [1.54, 1.807) is 16.9 Å². The monoisotopic (exact) mass is 417 g/mol. The van der Waals surface area contributed by atoms with Crippen molar-refractivity contribution in [1.82, 2.24) is 14.8 Å². The number of benzene rings is 2. The Morgan fingerprint density at radius 2 is 1.84 bits per heavy atom. The highest BCUT2D eigenvalue weighted by atomic mass is 16.5. The van der Waals surface area contributed by atoms with E-state index in [0.29, 0.717) is 24.6 Å². The molecule has 2 aromatic carbocycles. The first-order valence-corrected chi connectivity index (χ1v) is 10.8. The molecule has 3 aromatic rings. The van der Waals surface area contributed by atoms with E-state index in [4.69, 9.17) is 4.74 Å². The number of hydrogen-bond acceptors (Lipinski definition) is 3. The number of amides is 2. The van der Waals surface area contributed by atoms with E-state index < -0.39 is 12.1 Å². The average molecular weight is 418 g/mol. The van der Waals surface area contributed by atoms with Gasteiger partial charge in [0.2, 0.25) is 11.8 Å². The maximum atomic E-state index is 13.5. The van der Waals surface area contributed by atoms with E-state index in [1.807, 2.05) is 42.5 Å². The van der Waals surface area contributed by atoms with Crippen molar-refractivity contribution >= 4 is 22.7 Å². The number of methoxy groups -OCH3 is 1. The molecule has 3 heterocycles. The number of hydrogen-bond donors (Lipinski definition) is 1. The third kappa shape index (κ3) is 3.09. The standard InChI is InChI=1S/C25H27N3O3/c1-15(2)13-27-14-22(29)28-20(25(27)30)12-18-16-8-4-6-10-19(16)26-23(18)24(28)17-9-5-7-11-21(17)31-3/h4-11,15,20,24,26H,12-14H2,1-3H3/t20-,24+/m0/s1. The van der Waals surface area contributed by atoms with Crippen LogP contribution in [0.1, 0.15) is 36.7 Å². The van der Waals surface area contributed by atoms with E-state index in [2.05, 4.69) is 24.9 Å². The van der Waals surface area contributed by atoms with Crippen LogP contribution in [-0.4, -0.2) is 52.8 Å². The van der Waals surface area contributed by atoms with Gasteiger partial charge in [0.05, 0.1) is 13.7 Å². The Morgan fingerprint density at radius 3 is 2.61 bits per heavy atom. The molecular weight excluding hydrogens is 390 g/mol.